The van der Waals surface area contributed by atoms with Gasteiger partial charge in [0.05, 0.1) is 12.7 Å². The van der Waals surface area contributed by atoms with Crippen LogP contribution in [-0.2, 0) is 4.79 Å². The monoisotopic (exact) mass is 348 g/mol. The first-order chi connectivity index (χ1) is 11.9. The third-order valence-electron chi connectivity index (χ3n) is 3.26. The average Bonchev–Trinajstić information content (AvgIpc) is 2.61. The predicted molar refractivity (Wildman–Crippen MR) is 86.8 cm³/mol. The summed E-state index contributed by atoms with van der Waals surface area (Å²) in [5.74, 6) is -2.03. The van der Waals surface area contributed by atoms with Crippen LogP contribution in [0, 0.1) is 5.82 Å². The van der Waals surface area contributed by atoms with Crippen molar-refractivity contribution in [2.45, 2.75) is 13.0 Å². The third kappa shape index (κ3) is 4.60. The minimum atomic E-state index is -1.05. The van der Waals surface area contributed by atoms with Gasteiger partial charge in [-0.05, 0) is 31.2 Å². The smallest absolute Gasteiger partial charge is 0.279 e. The van der Waals surface area contributed by atoms with E-state index >= 15 is 0 Å². The molecule has 0 aliphatic heterocycles. The van der Waals surface area contributed by atoms with Gasteiger partial charge in [-0.2, -0.15) is 0 Å². The molecule has 3 N–H and O–H groups in total. The molecule has 2 aromatic carbocycles. The highest BCUT2D eigenvalue weighted by atomic mass is 19.1. The zero-order chi connectivity index (χ0) is 18.4. The average molecular weight is 348 g/mol. The second-order valence-corrected chi connectivity index (χ2v) is 5.02. The van der Waals surface area contributed by atoms with Crippen molar-refractivity contribution in [3.8, 4) is 17.2 Å². The SMILES string of the molecule is COc1ccc(C(=O)NNC(=O)C(C)Oc2ccccc2F)c(O)c1. The van der Waals surface area contributed by atoms with E-state index < -0.39 is 23.7 Å². The van der Waals surface area contributed by atoms with Crippen molar-refractivity contribution >= 4 is 11.8 Å². The molecule has 2 amide bonds. The topological polar surface area (TPSA) is 96.9 Å². The van der Waals surface area contributed by atoms with Gasteiger partial charge in [0.2, 0.25) is 0 Å². The van der Waals surface area contributed by atoms with E-state index in [1.165, 1.54) is 50.4 Å². The molecule has 0 aromatic heterocycles. The molecule has 0 spiro atoms. The van der Waals surface area contributed by atoms with Crippen molar-refractivity contribution in [1.82, 2.24) is 10.9 Å². The molecular weight excluding hydrogens is 331 g/mol. The van der Waals surface area contributed by atoms with Crippen LogP contribution in [0.2, 0.25) is 0 Å². The lowest BCUT2D eigenvalue weighted by Crippen LogP contribution is -2.47. The first-order valence-electron chi connectivity index (χ1n) is 7.30. The van der Waals surface area contributed by atoms with Gasteiger partial charge in [-0.3, -0.25) is 20.4 Å². The van der Waals surface area contributed by atoms with Crippen LogP contribution < -0.4 is 20.3 Å². The van der Waals surface area contributed by atoms with Crippen LogP contribution >= 0.6 is 0 Å². The molecule has 8 heteroatoms. The first kappa shape index (κ1) is 18.1. The molecule has 0 radical (unpaired) electrons. The number of carbonyl (C=O) groups is 2. The predicted octanol–water partition coefficient (Wildman–Crippen LogP) is 1.77. The van der Waals surface area contributed by atoms with E-state index in [2.05, 4.69) is 10.9 Å². The Hall–Kier alpha value is -3.29. The first-order valence-corrected chi connectivity index (χ1v) is 7.30. The lowest BCUT2D eigenvalue weighted by Gasteiger charge is -2.15. The Bertz CT molecular complexity index is 781. The van der Waals surface area contributed by atoms with E-state index in [9.17, 15) is 19.1 Å². The second-order valence-electron chi connectivity index (χ2n) is 5.02. The summed E-state index contributed by atoms with van der Waals surface area (Å²) < 4.78 is 23.6. The fraction of sp³-hybridized carbons (Fsp3) is 0.176. The fourth-order valence-corrected chi connectivity index (χ4v) is 1.90. The highest BCUT2D eigenvalue weighted by Crippen LogP contribution is 2.23. The number of methoxy groups -OCH3 is 1. The lowest BCUT2D eigenvalue weighted by molar-refractivity contribution is -0.128. The van der Waals surface area contributed by atoms with Crippen LogP contribution in [0.25, 0.3) is 0 Å². The van der Waals surface area contributed by atoms with Gasteiger partial charge in [0, 0.05) is 6.07 Å². The Kier molecular flexibility index (Phi) is 5.78. The van der Waals surface area contributed by atoms with E-state index in [-0.39, 0.29) is 17.1 Å². The summed E-state index contributed by atoms with van der Waals surface area (Å²) in [5, 5.41) is 9.77. The van der Waals surface area contributed by atoms with E-state index in [0.717, 1.165) is 0 Å². The Morgan fingerprint density at radius 3 is 2.52 bits per heavy atom. The molecule has 25 heavy (non-hydrogen) atoms. The summed E-state index contributed by atoms with van der Waals surface area (Å²) in [5.41, 5.74) is 4.24. The second kappa shape index (κ2) is 8.00. The molecule has 132 valence electrons. The number of hydrogen-bond acceptors (Lipinski definition) is 5. The standard InChI is InChI=1S/C17H17FN2O5/c1-10(25-15-6-4-3-5-13(15)18)16(22)19-20-17(23)12-8-7-11(24-2)9-14(12)21/h3-10,21H,1-2H3,(H,19,22)(H,20,23). The quantitative estimate of drug-likeness (QED) is 0.716. The summed E-state index contributed by atoms with van der Waals surface area (Å²) in [6.45, 7) is 1.40. The van der Waals surface area contributed by atoms with Crippen molar-refractivity contribution in [2.24, 2.45) is 0 Å². The highest BCUT2D eigenvalue weighted by Gasteiger charge is 2.18. The molecular formula is C17H17FN2O5. The molecule has 1 unspecified atom stereocenters. The van der Waals surface area contributed by atoms with Crippen molar-refractivity contribution < 1.29 is 28.6 Å². The molecule has 7 nitrogen and oxygen atoms in total. The Morgan fingerprint density at radius 2 is 1.88 bits per heavy atom. The molecule has 0 saturated carbocycles. The summed E-state index contributed by atoms with van der Waals surface area (Å²) in [7, 11) is 1.42. The van der Waals surface area contributed by atoms with Crippen molar-refractivity contribution in [2.75, 3.05) is 7.11 Å². The number of rotatable bonds is 5. The van der Waals surface area contributed by atoms with Gasteiger partial charge in [0.1, 0.15) is 11.5 Å². The molecule has 0 fully saturated rings. The molecule has 2 aromatic rings. The van der Waals surface area contributed by atoms with Crippen LogP contribution in [-0.4, -0.2) is 30.1 Å². The van der Waals surface area contributed by atoms with Crippen LogP contribution in [0.4, 0.5) is 4.39 Å². The maximum Gasteiger partial charge on any atom is 0.279 e. The Balaban J connectivity index is 1.92. The summed E-state index contributed by atoms with van der Waals surface area (Å²) in [6.07, 6.45) is -1.05. The molecule has 0 bridgehead atoms. The van der Waals surface area contributed by atoms with Crippen LogP contribution in [0.3, 0.4) is 0 Å². The van der Waals surface area contributed by atoms with Crippen molar-refractivity contribution in [3.05, 3.63) is 53.8 Å². The molecule has 0 saturated heterocycles. The summed E-state index contributed by atoms with van der Waals surface area (Å²) in [6, 6.07) is 9.74. The molecule has 0 aliphatic rings. The van der Waals surface area contributed by atoms with Crippen molar-refractivity contribution in [3.63, 3.8) is 0 Å². The van der Waals surface area contributed by atoms with Gasteiger partial charge < -0.3 is 14.6 Å². The van der Waals surface area contributed by atoms with Crippen molar-refractivity contribution in [1.29, 1.82) is 0 Å². The normalized spacial score (nSPS) is 11.3. The number of phenolic OH excluding ortho intramolecular Hbond substituents is 1. The Morgan fingerprint density at radius 1 is 1.16 bits per heavy atom. The van der Waals surface area contributed by atoms with E-state index in [4.69, 9.17) is 9.47 Å². The number of nitrogens with one attached hydrogen (secondary N) is 2. The van der Waals surface area contributed by atoms with Crippen LogP contribution in [0.5, 0.6) is 17.2 Å². The van der Waals surface area contributed by atoms with Crippen LogP contribution in [0.15, 0.2) is 42.5 Å². The zero-order valence-corrected chi connectivity index (χ0v) is 13.6. The summed E-state index contributed by atoms with van der Waals surface area (Å²) in [4.78, 5) is 23.9. The number of ether oxygens (including phenoxy) is 2. The zero-order valence-electron chi connectivity index (χ0n) is 13.6. The summed E-state index contributed by atoms with van der Waals surface area (Å²) >= 11 is 0. The van der Waals surface area contributed by atoms with Gasteiger partial charge >= 0.3 is 0 Å². The van der Waals surface area contributed by atoms with Gasteiger partial charge in [-0.25, -0.2) is 4.39 Å². The maximum atomic E-state index is 13.5. The van der Waals surface area contributed by atoms with E-state index in [1.807, 2.05) is 0 Å². The van der Waals surface area contributed by atoms with Gasteiger partial charge in [-0.15, -0.1) is 0 Å². The number of aromatic hydroxyl groups is 1. The van der Waals surface area contributed by atoms with Gasteiger partial charge in [0.25, 0.3) is 11.8 Å². The number of amides is 2. The fourth-order valence-electron chi connectivity index (χ4n) is 1.90. The number of benzene rings is 2. The van der Waals surface area contributed by atoms with E-state index in [0.29, 0.717) is 5.75 Å². The minimum absolute atomic E-state index is 0.0521. The number of halogens is 1. The Labute approximate surface area is 143 Å². The number of para-hydroxylation sites is 1. The molecule has 1 atom stereocenters. The van der Waals surface area contributed by atoms with Gasteiger partial charge in [0.15, 0.2) is 17.7 Å². The van der Waals surface area contributed by atoms with E-state index in [1.54, 1.807) is 6.07 Å². The lowest BCUT2D eigenvalue weighted by atomic mass is 10.2. The van der Waals surface area contributed by atoms with Gasteiger partial charge in [-0.1, -0.05) is 12.1 Å². The number of carbonyl (C=O) groups excluding carboxylic acids is 2. The number of phenols is 1. The number of hydrazine groups is 1. The van der Waals surface area contributed by atoms with Crippen LogP contribution in [0.1, 0.15) is 17.3 Å². The highest BCUT2D eigenvalue weighted by molar-refractivity contribution is 5.98. The number of hydrogen-bond donors (Lipinski definition) is 3. The molecule has 0 heterocycles. The largest absolute Gasteiger partial charge is 0.507 e. The maximum absolute atomic E-state index is 13.5. The molecule has 0 aliphatic carbocycles. The minimum Gasteiger partial charge on any atom is -0.507 e. The third-order valence-corrected chi connectivity index (χ3v) is 3.26. The molecule has 2 rings (SSSR count).